The van der Waals surface area contributed by atoms with Crippen molar-refractivity contribution in [2.75, 3.05) is 32.8 Å². The number of rotatable bonds is 6. The molecule has 0 aliphatic carbocycles. The molecule has 2 aromatic rings. The molecule has 2 N–H and O–H groups in total. The zero-order valence-corrected chi connectivity index (χ0v) is 15.4. The van der Waals surface area contributed by atoms with Crippen LogP contribution in [0.5, 0.6) is 0 Å². The molecule has 0 bridgehead atoms. The van der Waals surface area contributed by atoms with Gasteiger partial charge in [-0.15, -0.1) is 0 Å². The number of amides is 2. The first kappa shape index (κ1) is 19.1. The summed E-state index contributed by atoms with van der Waals surface area (Å²) in [7, 11) is 0. The Bertz CT molecular complexity index is 737. The van der Waals surface area contributed by atoms with Crippen molar-refractivity contribution in [3.05, 3.63) is 59.5 Å². The molecule has 0 radical (unpaired) electrons. The van der Waals surface area contributed by atoms with Crippen molar-refractivity contribution in [3.63, 3.8) is 0 Å². The van der Waals surface area contributed by atoms with Crippen LogP contribution in [0.2, 0.25) is 0 Å². The fraction of sp³-hybridized carbons (Fsp3) is 0.400. The van der Waals surface area contributed by atoms with Crippen LogP contribution in [-0.2, 0) is 20.9 Å². The maximum Gasteiger partial charge on any atom is 0.309 e. The largest absolute Gasteiger partial charge is 0.468 e. The lowest BCUT2D eigenvalue weighted by Crippen LogP contribution is -2.46. The van der Waals surface area contributed by atoms with Crippen LogP contribution in [0.1, 0.15) is 22.9 Å². The third-order valence-corrected chi connectivity index (χ3v) is 4.59. The molecule has 3 rings (SSSR count). The van der Waals surface area contributed by atoms with Crippen molar-refractivity contribution in [2.45, 2.75) is 19.5 Å². The standard InChI is InChI=1S/C20H25N3O4/c1-15-4-6-16(7-5-15)13-21-19(24)20(25)22-14-17(18-3-2-10-27-18)23-8-11-26-12-9-23/h2-7,10,17H,8-9,11-14H2,1H3,(H,21,24)(H,22,25)/t17-/m1/s1. The number of morpholine rings is 1. The van der Waals surface area contributed by atoms with Crippen LogP contribution in [0.3, 0.4) is 0 Å². The number of benzene rings is 1. The monoisotopic (exact) mass is 371 g/mol. The smallest absolute Gasteiger partial charge is 0.309 e. The third-order valence-electron chi connectivity index (χ3n) is 4.59. The Kier molecular flexibility index (Phi) is 6.62. The molecular weight excluding hydrogens is 346 g/mol. The van der Waals surface area contributed by atoms with Crippen molar-refractivity contribution in [1.29, 1.82) is 0 Å². The highest BCUT2D eigenvalue weighted by molar-refractivity contribution is 6.35. The summed E-state index contributed by atoms with van der Waals surface area (Å²) in [5.74, 6) is -0.528. The molecule has 0 saturated carbocycles. The molecule has 1 saturated heterocycles. The zero-order valence-electron chi connectivity index (χ0n) is 15.4. The summed E-state index contributed by atoms with van der Waals surface area (Å²) >= 11 is 0. The molecule has 1 fully saturated rings. The minimum absolute atomic E-state index is 0.127. The van der Waals surface area contributed by atoms with E-state index in [-0.39, 0.29) is 6.04 Å². The number of nitrogens with zero attached hydrogens (tertiary/aromatic N) is 1. The van der Waals surface area contributed by atoms with E-state index in [0.29, 0.717) is 26.3 Å². The van der Waals surface area contributed by atoms with E-state index in [4.69, 9.17) is 9.15 Å². The molecule has 7 heteroatoms. The molecule has 7 nitrogen and oxygen atoms in total. The number of furan rings is 1. The molecule has 2 heterocycles. The Morgan fingerprint density at radius 1 is 1.07 bits per heavy atom. The normalized spacial score (nSPS) is 15.9. The number of nitrogens with one attached hydrogen (secondary N) is 2. The van der Waals surface area contributed by atoms with Gasteiger partial charge < -0.3 is 19.8 Å². The van der Waals surface area contributed by atoms with Gasteiger partial charge in [-0.2, -0.15) is 0 Å². The molecule has 27 heavy (non-hydrogen) atoms. The van der Waals surface area contributed by atoms with Gasteiger partial charge in [0.15, 0.2) is 0 Å². The number of carbonyl (C=O) groups excluding carboxylic acids is 2. The number of hydrogen-bond donors (Lipinski definition) is 2. The van der Waals surface area contributed by atoms with Crippen LogP contribution in [0.25, 0.3) is 0 Å². The van der Waals surface area contributed by atoms with E-state index in [1.165, 1.54) is 0 Å². The highest BCUT2D eigenvalue weighted by Gasteiger charge is 2.26. The zero-order chi connectivity index (χ0) is 19.1. The van der Waals surface area contributed by atoms with Crippen molar-refractivity contribution in [3.8, 4) is 0 Å². The van der Waals surface area contributed by atoms with Crippen LogP contribution in [0, 0.1) is 6.92 Å². The molecule has 0 unspecified atom stereocenters. The maximum atomic E-state index is 12.2. The lowest BCUT2D eigenvalue weighted by molar-refractivity contribution is -0.139. The van der Waals surface area contributed by atoms with Gasteiger partial charge in [0.1, 0.15) is 5.76 Å². The summed E-state index contributed by atoms with van der Waals surface area (Å²) in [6, 6.07) is 11.4. The van der Waals surface area contributed by atoms with Crippen LogP contribution in [-0.4, -0.2) is 49.6 Å². The summed E-state index contributed by atoms with van der Waals surface area (Å²) in [5.41, 5.74) is 2.10. The molecule has 1 aromatic heterocycles. The summed E-state index contributed by atoms with van der Waals surface area (Å²) < 4.78 is 10.9. The van der Waals surface area contributed by atoms with Gasteiger partial charge in [0.05, 0.1) is 25.5 Å². The Balaban J connectivity index is 1.52. The Morgan fingerprint density at radius 2 is 1.78 bits per heavy atom. The molecule has 0 spiro atoms. The molecule has 1 aliphatic rings. The van der Waals surface area contributed by atoms with E-state index in [9.17, 15) is 9.59 Å². The second-order valence-corrected chi connectivity index (χ2v) is 6.56. The minimum atomic E-state index is -0.646. The van der Waals surface area contributed by atoms with Gasteiger partial charge in [-0.05, 0) is 24.6 Å². The van der Waals surface area contributed by atoms with Crippen LogP contribution < -0.4 is 10.6 Å². The number of aryl methyl sites for hydroxylation is 1. The lowest BCUT2D eigenvalue weighted by atomic mass is 10.1. The van der Waals surface area contributed by atoms with Gasteiger partial charge in [-0.3, -0.25) is 14.5 Å². The predicted octanol–water partition coefficient (Wildman–Crippen LogP) is 1.39. The SMILES string of the molecule is Cc1ccc(CNC(=O)C(=O)NC[C@H](c2ccco2)N2CCOCC2)cc1. The molecule has 2 amide bonds. The summed E-state index contributed by atoms with van der Waals surface area (Å²) in [4.78, 5) is 26.4. The van der Waals surface area contributed by atoms with Crippen LogP contribution in [0.4, 0.5) is 0 Å². The molecule has 1 atom stereocenters. The Labute approximate surface area is 158 Å². The highest BCUT2D eigenvalue weighted by Crippen LogP contribution is 2.21. The second-order valence-electron chi connectivity index (χ2n) is 6.56. The first-order chi connectivity index (χ1) is 13.1. The van der Waals surface area contributed by atoms with E-state index in [0.717, 1.165) is 30.0 Å². The topological polar surface area (TPSA) is 83.8 Å². The fourth-order valence-corrected chi connectivity index (χ4v) is 3.02. The second kappa shape index (κ2) is 9.34. The fourth-order valence-electron chi connectivity index (χ4n) is 3.02. The summed E-state index contributed by atoms with van der Waals surface area (Å²) in [6.45, 7) is 5.40. The van der Waals surface area contributed by atoms with Gasteiger partial charge in [0.25, 0.3) is 0 Å². The average Bonchev–Trinajstić information content (AvgIpc) is 3.22. The number of carbonyl (C=O) groups is 2. The van der Waals surface area contributed by atoms with Gasteiger partial charge >= 0.3 is 11.8 Å². The van der Waals surface area contributed by atoms with Crippen LogP contribution >= 0.6 is 0 Å². The van der Waals surface area contributed by atoms with Gasteiger partial charge in [-0.25, -0.2) is 0 Å². The van der Waals surface area contributed by atoms with Crippen LogP contribution in [0.15, 0.2) is 47.1 Å². The minimum Gasteiger partial charge on any atom is -0.468 e. The Hall–Kier alpha value is -2.64. The van der Waals surface area contributed by atoms with E-state index in [1.807, 2.05) is 43.3 Å². The lowest BCUT2D eigenvalue weighted by Gasteiger charge is -2.33. The molecular formula is C20H25N3O4. The first-order valence-corrected chi connectivity index (χ1v) is 9.10. The highest BCUT2D eigenvalue weighted by atomic mass is 16.5. The van der Waals surface area contributed by atoms with Crippen molar-refractivity contribution < 1.29 is 18.7 Å². The number of hydrogen-bond acceptors (Lipinski definition) is 5. The third kappa shape index (κ3) is 5.42. The van der Waals surface area contributed by atoms with Gasteiger partial charge in [0, 0.05) is 26.2 Å². The summed E-state index contributed by atoms with van der Waals surface area (Å²) in [5, 5.41) is 5.37. The van der Waals surface area contributed by atoms with Crippen molar-refractivity contribution >= 4 is 11.8 Å². The van der Waals surface area contributed by atoms with Gasteiger partial charge in [0.2, 0.25) is 0 Å². The Morgan fingerprint density at radius 3 is 2.44 bits per heavy atom. The first-order valence-electron chi connectivity index (χ1n) is 9.10. The van der Waals surface area contributed by atoms with Gasteiger partial charge in [-0.1, -0.05) is 29.8 Å². The van der Waals surface area contributed by atoms with Crippen molar-refractivity contribution in [2.24, 2.45) is 0 Å². The average molecular weight is 371 g/mol. The quantitative estimate of drug-likeness (QED) is 0.750. The molecule has 1 aromatic carbocycles. The maximum absolute atomic E-state index is 12.2. The van der Waals surface area contributed by atoms with E-state index >= 15 is 0 Å². The predicted molar refractivity (Wildman–Crippen MR) is 99.9 cm³/mol. The molecule has 144 valence electrons. The number of ether oxygens (including phenoxy) is 1. The molecule has 1 aliphatic heterocycles. The van der Waals surface area contributed by atoms with Crippen molar-refractivity contribution in [1.82, 2.24) is 15.5 Å². The summed E-state index contributed by atoms with van der Waals surface area (Å²) in [6.07, 6.45) is 1.61. The van der Waals surface area contributed by atoms with E-state index in [2.05, 4.69) is 15.5 Å². The van der Waals surface area contributed by atoms with E-state index in [1.54, 1.807) is 6.26 Å². The van der Waals surface area contributed by atoms with E-state index < -0.39 is 11.8 Å².